The Kier molecular flexibility index (Phi) is 6.02. The Morgan fingerprint density at radius 1 is 1.07 bits per heavy atom. The number of hydrogen-bond donors (Lipinski definition) is 0. The molecule has 1 rings (SSSR count). The van der Waals surface area contributed by atoms with Crippen LogP contribution in [0.25, 0.3) is 0 Å². The lowest BCUT2D eigenvalue weighted by Crippen LogP contribution is -2.06. The molecule has 0 spiro atoms. The minimum absolute atomic E-state index is 0.255. The second-order valence-electron chi connectivity index (χ2n) is 3.36. The van der Waals surface area contributed by atoms with E-state index in [-0.39, 0.29) is 6.10 Å². The van der Waals surface area contributed by atoms with E-state index >= 15 is 0 Å². The molecule has 0 radical (unpaired) electrons. The third-order valence-electron chi connectivity index (χ3n) is 1.92. The summed E-state index contributed by atoms with van der Waals surface area (Å²) in [5.74, 6) is 1.00. The number of hydrogen-bond acceptors (Lipinski definition) is 1. The first-order valence-electron chi connectivity index (χ1n) is 5.34. The third kappa shape index (κ3) is 3.82. The van der Waals surface area contributed by atoms with Crippen molar-refractivity contribution < 1.29 is 4.74 Å². The Hall–Kier alpha value is -0.980. The van der Waals surface area contributed by atoms with Crippen LogP contribution in [0.5, 0.6) is 5.75 Å². The summed E-state index contributed by atoms with van der Waals surface area (Å²) in [6.07, 6.45) is 0.255. The molecule has 0 heterocycles. The second kappa shape index (κ2) is 6.47. The Bertz CT molecular complexity index is 264. The maximum atomic E-state index is 5.63. The first-order chi connectivity index (χ1) is 6.61. The van der Waals surface area contributed by atoms with E-state index in [2.05, 4.69) is 19.9 Å². The molecule has 0 aliphatic rings. The van der Waals surface area contributed by atoms with Gasteiger partial charge in [-0.2, -0.15) is 0 Å². The highest BCUT2D eigenvalue weighted by Gasteiger charge is 2.02. The maximum absolute atomic E-state index is 5.63. The van der Waals surface area contributed by atoms with Gasteiger partial charge in [0.25, 0.3) is 0 Å². The lowest BCUT2D eigenvalue weighted by Gasteiger charge is -2.13. The fraction of sp³-hybridized carbons (Fsp3) is 0.538. The average molecular weight is 194 g/mol. The van der Waals surface area contributed by atoms with Gasteiger partial charge in [0.05, 0.1) is 6.10 Å². The summed E-state index contributed by atoms with van der Waals surface area (Å²) in [7, 11) is 0. The van der Waals surface area contributed by atoms with Crippen molar-refractivity contribution in [1.29, 1.82) is 0 Å². The highest BCUT2D eigenvalue weighted by molar-refractivity contribution is 5.38. The average Bonchev–Trinajstić information content (AvgIpc) is 2.16. The largest absolute Gasteiger partial charge is 0.491 e. The summed E-state index contributed by atoms with van der Waals surface area (Å²) in [5, 5.41) is 0. The van der Waals surface area contributed by atoms with E-state index in [9.17, 15) is 0 Å². The van der Waals surface area contributed by atoms with Crippen LogP contribution in [0.15, 0.2) is 18.2 Å². The van der Waals surface area contributed by atoms with Gasteiger partial charge in [0.15, 0.2) is 0 Å². The van der Waals surface area contributed by atoms with Crippen LogP contribution in [0.1, 0.15) is 38.8 Å². The van der Waals surface area contributed by atoms with Crippen molar-refractivity contribution in [2.75, 3.05) is 0 Å². The molecular weight excluding hydrogens is 172 g/mol. The van der Waals surface area contributed by atoms with Crippen molar-refractivity contribution in [3.8, 4) is 5.75 Å². The van der Waals surface area contributed by atoms with E-state index < -0.39 is 0 Å². The number of ether oxygens (including phenoxy) is 1. The van der Waals surface area contributed by atoms with Crippen LogP contribution in [0, 0.1) is 13.8 Å². The molecule has 0 saturated heterocycles. The lowest BCUT2D eigenvalue weighted by atomic mass is 10.1. The van der Waals surface area contributed by atoms with Crippen molar-refractivity contribution in [3.05, 3.63) is 29.3 Å². The molecule has 1 nitrogen and oxygen atoms in total. The molecule has 0 N–H and O–H groups in total. The summed E-state index contributed by atoms with van der Waals surface area (Å²) < 4.78 is 5.63. The molecule has 1 aromatic rings. The molecule has 0 aromatic heterocycles. The standard InChI is InChI=1S/C11H16O.C2H6/c1-8(2)12-11-7-5-6-9(3)10(11)4;1-2/h5-8H,1-4H3;1-2H3. The first-order valence-corrected chi connectivity index (χ1v) is 5.34. The molecule has 0 bridgehead atoms. The quantitative estimate of drug-likeness (QED) is 0.688. The molecule has 0 unspecified atom stereocenters. The van der Waals surface area contributed by atoms with Gasteiger partial charge < -0.3 is 4.74 Å². The zero-order valence-corrected chi connectivity index (χ0v) is 10.2. The lowest BCUT2D eigenvalue weighted by molar-refractivity contribution is 0.240. The topological polar surface area (TPSA) is 9.23 Å². The van der Waals surface area contributed by atoms with Gasteiger partial charge in [0.2, 0.25) is 0 Å². The second-order valence-corrected chi connectivity index (χ2v) is 3.36. The first kappa shape index (κ1) is 13.0. The molecule has 0 amide bonds. The van der Waals surface area contributed by atoms with E-state index in [1.165, 1.54) is 11.1 Å². The summed E-state index contributed by atoms with van der Waals surface area (Å²) in [6, 6.07) is 6.14. The van der Waals surface area contributed by atoms with Crippen LogP contribution in [-0.2, 0) is 0 Å². The molecule has 0 aliphatic heterocycles. The van der Waals surface area contributed by atoms with Gasteiger partial charge >= 0.3 is 0 Å². The molecular formula is C13H22O. The molecule has 0 aliphatic carbocycles. The van der Waals surface area contributed by atoms with Gasteiger partial charge in [-0.15, -0.1) is 0 Å². The summed E-state index contributed by atoms with van der Waals surface area (Å²) in [6.45, 7) is 12.3. The zero-order valence-electron chi connectivity index (χ0n) is 10.2. The van der Waals surface area contributed by atoms with E-state index in [4.69, 9.17) is 4.74 Å². The molecule has 0 atom stereocenters. The Morgan fingerprint density at radius 3 is 2.14 bits per heavy atom. The van der Waals surface area contributed by atoms with E-state index in [0.717, 1.165) is 5.75 Å². The number of aryl methyl sites for hydroxylation is 1. The van der Waals surface area contributed by atoms with Crippen LogP contribution in [0.4, 0.5) is 0 Å². The van der Waals surface area contributed by atoms with Gasteiger partial charge in [-0.3, -0.25) is 0 Å². The summed E-state index contributed by atoms with van der Waals surface area (Å²) in [5.41, 5.74) is 2.53. The smallest absolute Gasteiger partial charge is 0.122 e. The maximum Gasteiger partial charge on any atom is 0.122 e. The zero-order chi connectivity index (χ0) is 11.1. The highest BCUT2D eigenvalue weighted by Crippen LogP contribution is 2.21. The molecule has 1 aromatic carbocycles. The van der Waals surface area contributed by atoms with Gasteiger partial charge in [-0.1, -0.05) is 26.0 Å². The number of benzene rings is 1. The number of rotatable bonds is 2. The van der Waals surface area contributed by atoms with Crippen LogP contribution in [-0.4, -0.2) is 6.10 Å². The third-order valence-corrected chi connectivity index (χ3v) is 1.92. The fourth-order valence-corrected chi connectivity index (χ4v) is 1.11. The van der Waals surface area contributed by atoms with Crippen LogP contribution < -0.4 is 4.74 Å². The van der Waals surface area contributed by atoms with Crippen molar-refractivity contribution in [3.63, 3.8) is 0 Å². The molecule has 1 heteroatoms. The Labute approximate surface area is 88.1 Å². The summed E-state index contributed by atoms with van der Waals surface area (Å²) in [4.78, 5) is 0. The van der Waals surface area contributed by atoms with Crippen molar-refractivity contribution in [2.45, 2.75) is 47.6 Å². The van der Waals surface area contributed by atoms with Crippen molar-refractivity contribution >= 4 is 0 Å². The van der Waals surface area contributed by atoms with Gasteiger partial charge in [0, 0.05) is 0 Å². The minimum atomic E-state index is 0.255. The van der Waals surface area contributed by atoms with Crippen LogP contribution in [0.3, 0.4) is 0 Å². The van der Waals surface area contributed by atoms with E-state index in [0.29, 0.717) is 0 Å². The van der Waals surface area contributed by atoms with Crippen LogP contribution in [0.2, 0.25) is 0 Å². The Balaban J connectivity index is 0.000000791. The molecule has 0 fully saturated rings. The van der Waals surface area contributed by atoms with Gasteiger partial charge in [0.1, 0.15) is 5.75 Å². The molecule has 80 valence electrons. The minimum Gasteiger partial charge on any atom is -0.491 e. The van der Waals surface area contributed by atoms with E-state index in [1.807, 2.05) is 39.8 Å². The fourth-order valence-electron chi connectivity index (χ4n) is 1.11. The predicted molar refractivity (Wildman–Crippen MR) is 63.0 cm³/mol. The Morgan fingerprint density at radius 2 is 1.64 bits per heavy atom. The normalized spacial score (nSPS) is 9.36. The van der Waals surface area contributed by atoms with Gasteiger partial charge in [-0.25, -0.2) is 0 Å². The molecule has 0 saturated carbocycles. The SMILES string of the molecule is CC.Cc1cccc(OC(C)C)c1C. The monoisotopic (exact) mass is 194 g/mol. The van der Waals surface area contributed by atoms with E-state index in [1.54, 1.807) is 0 Å². The predicted octanol–water partition coefficient (Wildman–Crippen LogP) is 4.12. The van der Waals surface area contributed by atoms with Gasteiger partial charge in [-0.05, 0) is 44.9 Å². The summed E-state index contributed by atoms with van der Waals surface area (Å²) >= 11 is 0. The molecule has 14 heavy (non-hydrogen) atoms. The van der Waals surface area contributed by atoms with Crippen LogP contribution >= 0.6 is 0 Å². The van der Waals surface area contributed by atoms with Crippen molar-refractivity contribution in [1.82, 2.24) is 0 Å². The highest BCUT2D eigenvalue weighted by atomic mass is 16.5. The van der Waals surface area contributed by atoms with Crippen molar-refractivity contribution in [2.24, 2.45) is 0 Å².